The second-order valence-electron chi connectivity index (χ2n) is 5.65. The molecule has 112 valence electrons. The third-order valence-electron chi connectivity index (χ3n) is 4.16. The lowest BCUT2D eigenvalue weighted by Crippen LogP contribution is -2.44. The Morgan fingerprint density at radius 2 is 2.09 bits per heavy atom. The first-order valence-corrected chi connectivity index (χ1v) is 7.86. The Morgan fingerprint density at radius 1 is 1.18 bits per heavy atom. The molecule has 0 saturated carbocycles. The SMILES string of the molecule is Clc1cccc(CN2c3ccccc3NC2C2CC=CO2)c1. The van der Waals surface area contributed by atoms with Crippen LogP contribution in [-0.2, 0) is 11.3 Å². The molecule has 0 aliphatic carbocycles. The van der Waals surface area contributed by atoms with Gasteiger partial charge in [0.1, 0.15) is 12.3 Å². The first kappa shape index (κ1) is 13.5. The summed E-state index contributed by atoms with van der Waals surface area (Å²) in [5.41, 5.74) is 3.56. The first-order chi connectivity index (χ1) is 10.8. The second-order valence-corrected chi connectivity index (χ2v) is 6.08. The highest BCUT2D eigenvalue weighted by atomic mass is 35.5. The van der Waals surface area contributed by atoms with Gasteiger partial charge in [0.05, 0.1) is 17.6 Å². The van der Waals surface area contributed by atoms with Gasteiger partial charge in [0.2, 0.25) is 0 Å². The molecule has 0 radical (unpaired) electrons. The zero-order chi connectivity index (χ0) is 14.9. The molecule has 2 aliphatic heterocycles. The molecule has 2 unspecified atom stereocenters. The summed E-state index contributed by atoms with van der Waals surface area (Å²) < 4.78 is 5.75. The number of para-hydroxylation sites is 2. The van der Waals surface area contributed by atoms with Crippen molar-refractivity contribution >= 4 is 23.0 Å². The third kappa shape index (κ3) is 2.42. The number of nitrogens with zero attached hydrogens (tertiary/aromatic N) is 1. The van der Waals surface area contributed by atoms with E-state index < -0.39 is 0 Å². The fourth-order valence-corrected chi connectivity index (χ4v) is 3.36. The van der Waals surface area contributed by atoms with E-state index in [0.717, 1.165) is 23.7 Å². The Labute approximate surface area is 135 Å². The number of nitrogens with one attached hydrogen (secondary N) is 1. The van der Waals surface area contributed by atoms with Crippen LogP contribution in [0.25, 0.3) is 0 Å². The Balaban J connectivity index is 1.65. The summed E-state index contributed by atoms with van der Waals surface area (Å²) in [5.74, 6) is 0. The number of hydrogen-bond acceptors (Lipinski definition) is 3. The summed E-state index contributed by atoms with van der Waals surface area (Å²) in [5, 5.41) is 4.36. The average Bonchev–Trinajstić information content (AvgIpc) is 3.15. The van der Waals surface area contributed by atoms with Crippen LogP contribution in [0.1, 0.15) is 12.0 Å². The molecule has 2 aromatic rings. The predicted molar refractivity (Wildman–Crippen MR) is 90.1 cm³/mol. The van der Waals surface area contributed by atoms with Gasteiger partial charge in [-0.25, -0.2) is 0 Å². The molecular formula is C18H17ClN2O. The largest absolute Gasteiger partial charge is 0.494 e. The molecule has 22 heavy (non-hydrogen) atoms. The van der Waals surface area contributed by atoms with Crippen LogP contribution < -0.4 is 10.2 Å². The smallest absolute Gasteiger partial charge is 0.140 e. The van der Waals surface area contributed by atoms with Crippen molar-refractivity contribution in [3.8, 4) is 0 Å². The Morgan fingerprint density at radius 3 is 2.91 bits per heavy atom. The van der Waals surface area contributed by atoms with Gasteiger partial charge >= 0.3 is 0 Å². The van der Waals surface area contributed by atoms with Crippen molar-refractivity contribution < 1.29 is 4.74 Å². The van der Waals surface area contributed by atoms with E-state index in [1.807, 2.05) is 18.2 Å². The number of rotatable bonds is 3. The molecule has 0 aromatic heterocycles. The fourth-order valence-electron chi connectivity index (χ4n) is 3.15. The molecule has 0 spiro atoms. The monoisotopic (exact) mass is 312 g/mol. The van der Waals surface area contributed by atoms with Crippen LogP contribution in [0.5, 0.6) is 0 Å². The molecule has 4 rings (SSSR count). The number of halogens is 1. The van der Waals surface area contributed by atoms with Crippen molar-refractivity contribution in [3.05, 3.63) is 71.5 Å². The van der Waals surface area contributed by atoms with Crippen molar-refractivity contribution in [2.24, 2.45) is 0 Å². The van der Waals surface area contributed by atoms with Crippen molar-refractivity contribution in [1.82, 2.24) is 0 Å². The van der Waals surface area contributed by atoms with Crippen molar-refractivity contribution in [3.63, 3.8) is 0 Å². The predicted octanol–water partition coefficient (Wildman–Crippen LogP) is 4.40. The van der Waals surface area contributed by atoms with Gasteiger partial charge in [-0.15, -0.1) is 0 Å². The molecular weight excluding hydrogens is 296 g/mol. The number of anilines is 2. The van der Waals surface area contributed by atoms with E-state index in [0.29, 0.717) is 0 Å². The summed E-state index contributed by atoms with van der Waals surface area (Å²) in [7, 11) is 0. The molecule has 2 aromatic carbocycles. The highest BCUT2D eigenvalue weighted by Gasteiger charge is 2.36. The Hall–Kier alpha value is -2.13. The highest BCUT2D eigenvalue weighted by Crippen LogP contribution is 2.38. The van der Waals surface area contributed by atoms with Crippen LogP contribution in [0.4, 0.5) is 11.4 Å². The van der Waals surface area contributed by atoms with Crippen LogP contribution in [0, 0.1) is 0 Å². The average molecular weight is 313 g/mol. The van der Waals surface area contributed by atoms with Crippen LogP contribution >= 0.6 is 11.6 Å². The molecule has 2 atom stereocenters. The van der Waals surface area contributed by atoms with Crippen molar-refractivity contribution in [1.29, 1.82) is 0 Å². The molecule has 0 fully saturated rings. The molecule has 0 amide bonds. The highest BCUT2D eigenvalue weighted by molar-refractivity contribution is 6.30. The number of hydrogen-bond donors (Lipinski definition) is 1. The minimum absolute atomic E-state index is 0.131. The van der Waals surface area contributed by atoms with Crippen LogP contribution in [-0.4, -0.2) is 12.3 Å². The third-order valence-corrected chi connectivity index (χ3v) is 4.40. The van der Waals surface area contributed by atoms with E-state index in [2.05, 4.69) is 46.6 Å². The molecule has 2 heterocycles. The van der Waals surface area contributed by atoms with E-state index in [1.54, 1.807) is 6.26 Å². The standard InChI is InChI=1S/C18H17ClN2O/c19-14-6-3-5-13(11-14)12-21-16-8-2-1-7-15(16)20-18(21)17-9-4-10-22-17/h1-8,10-11,17-18,20H,9,12H2. The lowest BCUT2D eigenvalue weighted by Gasteiger charge is -2.30. The first-order valence-electron chi connectivity index (χ1n) is 7.48. The lowest BCUT2D eigenvalue weighted by atomic mass is 10.1. The maximum atomic E-state index is 6.13. The van der Waals surface area contributed by atoms with Gasteiger partial charge in [0, 0.05) is 18.0 Å². The van der Waals surface area contributed by atoms with Gasteiger partial charge in [-0.2, -0.15) is 0 Å². The molecule has 2 aliphatic rings. The Bertz CT molecular complexity index is 708. The normalized spacial score (nSPS) is 22.3. The van der Waals surface area contributed by atoms with E-state index >= 15 is 0 Å². The summed E-state index contributed by atoms with van der Waals surface area (Å²) in [4.78, 5) is 2.36. The van der Waals surface area contributed by atoms with E-state index in [-0.39, 0.29) is 12.3 Å². The zero-order valence-corrected chi connectivity index (χ0v) is 12.8. The minimum atomic E-state index is 0.131. The van der Waals surface area contributed by atoms with Crippen LogP contribution in [0.3, 0.4) is 0 Å². The van der Waals surface area contributed by atoms with Gasteiger partial charge in [-0.05, 0) is 35.9 Å². The minimum Gasteiger partial charge on any atom is -0.494 e. The quantitative estimate of drug-likeness (QED) is 0.909. The summed E-state index contributed by atoms with van der Waals surface area (Å²) in [6.07, 6.45) is 5.07. The van der Waals surface area contributed by atoms with Gasteiger partial charge < -0.3 is 15.0 Å². The van der Waals surface area contributed by atoms with Crippen LogP contribution in [0.2, 0.25) is 5.02 Å². The summed E-state index contributed by atoms with van der Waals surface area (Å²) >= 11 is 6.13. The van der Waals surface area contributed by atoms with Crippen molar-refractivity contribution in [2.45, 2.75) is 25.2 Å². The number of ether oxygens (including phenoxy) is 1. The Kier molecular flexibility index (Phi) is 3.43. The molecule has 1 N–H and O–H groups in total. The van der Waals surface area contributed by atoms with Gasteiger partial charge in [-0.1, -0.05) is 35.9 Å². The second kappa shape index (κ2) is 5.58. The summed E-state index contributed by atoms with van der Waals surface area (Å²) in [6.45, 7) is 0.801. The van der Waals surface area contributed by atoms with Gasteiger partial charge in [0.25, 0.3) is 0 Å². The number of benzene rings is 2. The van der Waals surface area contributed by atoms with E-state index in [9.17, 15) is 0 Å². The summed E-state index contributed by atoms with van der Waals surface area (Å²) in [6, 6.07) is 16.4. The van der Waals surface area contributed by atoms with Gasteiger partial charge in [0.15, 0.2) is 0 Å². The maximum Gasteiger partial charge on any atom is 0.140 e. The van der Waals surface area contributed by atoms with E-state index in [4.69, 9.17) is 16.3 Å². The molecule has 3 nitrogen and oxygen atoms in total. The topological polar surface area (TPSA) is 24.5 Å². The fraction of sp³-hybridized carbons (Fsp3) is 0.222. The maximum absolute atomic E-state index is 6.13. The lowest BCUT2D eigenvalue weighted by molar-refractivity contribution is 0.149. The molecule has 0 saturated heterocycles. The van der Waals surface area contributed by atoms with E-state index in [1.165, 1.54) is 11.3 Å². The van der Waals surface area contributed by atoms with Gasteiger partial charge in [-0.3, -0.25) is 0 Å². The molecule has 0 bridgehead atoms. The van der Waals surface area contributed by atoms with Crippen LogP contribution in [0.15, 0.2) is 60.9 Å². The molecule has 4 heteroatoms. The van der Waals surface area contributed by atoms with Crippen molar-refractivity contribution in [2.75, 3.05) is 10.2 Å². The number of fused-ring (bicyclic) bond motifs is 1. The zero-order valence-electron chi connectivity index (χ0n) is 12.1.